The van der Waals surface area contributed by atoms with E-state index in [9.17, 15) is 24.3 Å². The molecule has 14 nitrogen and oxygen atoms in total. The van der Waals surface area contributed by atoms with Gasteiger partial charge in [-0.2, -0.15) is 0 Å². The molecule has 0 saturated heterocycles. The van der Waals surface area contributed by atoms with Crippen LogP contribution < -0.4 is 21.7 Å². The first-order valence-electron chi connectivity index (χ1n) is 8.42. The molecule has 4 unspecified atom stereocenters. The molecule has 0 aromatic carbocycles. The van der Waals surface area contributed by atoms with Crippen molar-refractivity contribution in [3.05, 3.63) is 18.2 Å². The van der Waals surface area contributed by atoms with Crippen molar-refractivity contribution in [2.24, 2.45) is 5.73 Å². The van der Waals surface area contributed by atoms with E-state index in [0.717, 1.165) is 0 Å². The molecular weight excluding hydrogens is 392 g/mol. The number of carboxylic acids is 1. The van der Waals surface area contributed by atoms with Gasteiger partial charge in [0.15, 0.2) is 0 Å². The van der Waals surface area contributed by atoms with E-state index in [-0.39, 0.29) is 6.42 Å². The number of hydrogen-bond acceptors (Lipinski definition) is 9. The third-order valence-electron chi connectivity index (χ3n) is 3.76. The minimum atomic E-state index is -1.60. The summed E-state index contributed by atoms with van der Waals surface area (Å²) in [7, 11) is 0. The zero-order valence-corrected chi connectivity index (χ0v) is 15.2. The third-order valence-corrected chi connectivity index (χ3v) is 3.76. The van der Waals surface area contributed by atoms with Gasteiger partial charge in [0.1, 0.15) is 24.2 Å². The van der Waals surface area contributed by atoms with Crippen LogP contribution in [0.4, 0.5) is 0 Å². The molecule has 1 heterocycles. The largest absolute Gasteiger partial charge is 0.480 e. The number of hydrogen-bond donors (Lipinski definition) is 9. The Hall–Kier alpha value is -3.07. The first kappa shape index (κ1) is 24.0. The predicted octanol–water partition coefficient (Wildman–Crippen LogP) is -5.20. The average Bonchev–Trinajstić information content (AvgIpc) is 3.21. The number of carboxylic acid groups (broad SMARTS) is 1. The fraction of sp³-hybridized carbons (Fsp3) is 0.533. The lowest BCUT2D eigenvalue weighted by molar-refractivity contribution is -0.143. The van der Waals surface area contributed by atoms with Gasteiger partial charge in [0.05, 0.1) is 26.1 Å². The van der Waals surface area contributed by atoms with Crippen LogP contribution in [0, 0.1) is 0 Å². The van der Waals surface area contributed by atoms with Gasteiger partial charge in [-0.1, -0.05) is 0 Å². The van der Waals surface area contributed by atoms with Gasteiger partial charge in [-0.25, -0.2) is 9.78 Å². The van der Waals surface area contributed by atoms with Gasteiger partial charge in [0.2, 0.25) is 17.7 Å². The van der Waals surface area contributed by atoms with Crippen LogP contribution >= 0.6 is 0 Å². The monoisotopic (exact) mass is 416 g/mol. The van der Waals surface area contributed by atoms with Gasteiger partial charge >= 0.3 is 5.97 Å². The van der Waals surface area contributed by atoms with Crippen molar-refractivity contribution in [2.75, 3.05) is 19.8 Å². The Morgan fingerprint density at radius 1 is 0.931 bits per heavy atom. The molecule has 0 fully saturated rings. The number of nitrogens with one attached hydrogen (secondary N) is 4. The molecule has 0 bridgehead atoms. The summed E-state index contributed by atoms with van der Waals surface area (Å²) in [6, 6.07) is -5.72. The first-order valence-corrected chi connectivity index (χ1v) is 8.42. The SMILES string of the molecule is NC(CO)C(=O)NC(CO)C(=O)NC(Cc1cnc[nH]1)C(=O)NC(CO)C(=O)O. The molecule has 0 aliphatic heterocycles. The van der Waals surface area contributed by atoms with Crippen molar-refractivity contribution in [1.29, 1.82) is 0 Å². The van der Waals surface area contributed by atoms with Crippen LogP contribution in [0.25, 0.3) is 0 Å². The van der Waals surface area contributed by atoms with Crippen LogP contribution in [0.2, 0.25) is 0 Å². The van der Waals surface area contributed by atoms with Gasteiger partial charge in [-0.05, 0) is 0 Å². The van der Waals surface area contributed by atoms with E-state index in [1.165, 1.54) is 12.5 Å². The van der Waals surface area contributed by atoms with Crippen LogP contribution in [-0.2, 0) is 25.6 Å². The number of nitrogens with zero attached hydrogens (tertiary/aromatic N) is 1. The number of aliphatic hydroxyl groups is 3. The lowest BCUT2D eigenvalue weighted by atomic mass is 10.1. The maximum Gasteiger partial charge on any atom is 0.328 e. The van der Waals surface area contributed by atoms with E-state index in [0.29, 0.717) is 5.69 Å². The van der Waals surface area contributed by atoms with Crippen LogP contribution in [0.15, 0.2) is 12.5 Å². The summed E-state index contributed by atoms with van der Waals surface area (Å²) < 4.78 is 0. The van der Waals surface area contributed by atoms with Crippen LogP contribution in [0.1, 0.15) is 5.69 Å². The second kappa shape index (κ2) is 11.7. The number of aliphatic hydroxyl groups excluding tert-OH is 3. The Bertz CT molecular complexity index is 697. The summed E-state index contributed by atoms with van der Waals surface area (Å²) in [6.07, 6.45) is 2.57. The van der Waals surface area contributed by atoms with E-state index in [4.69, 9.17) is 21.1 Å². The van der Waals surface area contributed by atoms with Crippen LogP contribution in [0.5, 0.6) is 0 Å². The molecule has 0 saturated carbocycles. The molecule has 1 rings (SSSR count). The van der Waals surface area contributed by atoms with Crippen LogP contribution in [-0.4, -0.2) is 98.1 Å². The quantitative estimate of drug-likeness (QED) is 0.157. The summed E-state index contributed by atoms with van der Waals surface area (Å²) in [5.74, 6) is -4.26. The van der Waals surface area contributed by atoms with Gasteiger partial charge in [-0.3, -0.25) is 14.4 Å². The van der Waals surface area contributed by atoms with Crippen molar-refractivity contribution in [3.8, 4) is 0 Å². The average molecular weight is 416 g/mol. The smallest absolute Gasteiger partial charge is 0.328 e. The molecule has 0 aliphatic rings. The summed E-state index contributed by atoms with van der Waals surface area (Å²) in [6.45, 7) is -2.39. The minimum absolute atomic E-state index is 0.127. The van der Waals surface area contributed by atoms with Gasteiger partial charge < -0.3 is 47.1 Å². The number of H-pyrrole nitrogens is 1. The topological polar surface area (TPSA) is 240 Å². The molecule has 1 aromatic rings. The van der Waals surface area contributed by atoms with Crippen molar-refractivity contribution >= 4 is 23.7 Å². The molecule has 4 atom stereocenters. The minimum Gasteiger partial charge on any atom is -0.480 e. The summed E-state index contributed by atoms with van der Waals surface area (Å²) in [5.41, 5.74) is 5.75. The molecule has 14 heteroatoms. The zero-order chi connectivity index (χ0) is 22.0. The number of aromatic nitrogens is 2. The highest BCUT2D eigenvalue weighted by atomic mass is 16.4. The molecule has 0 aliphatic carbocycles. The number of imidazole rings is 1. The molecular formula is C15H24N6O8. The first-order chi connectivity index (χ1) is 13.7. The Morgan fingerprint density at radius 2 is 1.48 bits per heavy atom. The fourth-order valence-corrected chi connectivity index (χ4v) is 2.11. The predicted molar refractivity (Wildman–Crippen MR) is 95.0 cm³/mol. The maximum atomic E-state index is 12.4. The molecule has 162 valence electrons. The molecule has 1 aromatic heterocycles. The summed E-state index contributed by atoms with van der Waals surface area (Å²) in [4.78, 5) is 54.0. The van der Waals surface area contributed by atoms with Crippen LogP contribution in [0.3, 0.4) is 0 Å². The molecule has 29 heavy (non-hydrogen) atoms. The lowest BCUT2D eigenvalue weighted by Crippen LogP contribution is -2.59. The Kier molecular flexibility index (Phi) is 9.67. The zero-order valence-electron chi connectivity index (χ0n) is 15.2. The second-order valence-corrected chi connectivity index (χ2v) is 5.96. The van der Waals surface area contributed by atoms with E-state index in [2.05, 4.69) is 25.9 Å². The standard InChI is InChI=1S/C15H24N6O8/c16-8(3-22)12(25)20-10(4-23)14(27)19-9(1-7-2-17-6-18-7)13(26)21-11(5-24)15(28)29/h2,6,8-11,22-24H,1,3-5,16H2,(H,17,18)(H,19,27)(H,20,25)(H,21,26)(H,28,29). The number of rotatable bonds is 12. The van der Waals surface area contributed by atoms with Gasteiger partial charge in [-0.15, -0.1) is 0 Å². The maximum absolute atomic E-state index is 12.4. The number of aromatic amines is 1. The van der Waals surface area contributed by atoms with Gasteiger partial charge in [0.25, 0.3) is 0 Å². The third kappa shape index (κ3) is 7.46. The van der Waals surface area contributed by atoms with Crippen molar-refractivity contribution in [1.82, 2.24) is 25.9 Å². The fourth-order valence-electron chi connectivity index (χ4n) is 2.11. The second-order valence-electron chi connectivity index (χ2n) is 5.96. The Balaban J connectivity index is 2.91. The van der Waals surface area contributed by atoms with E-state index < -0.39 is 67.7 Å². The highest BCUT2D eigenvalue weighted by molar-refractivity contribution is 5.94. The highest BCUT2D eigenvalue weighted by Crippen LogP contribution is 2.01. The normalized spacial score (nSPS) is 14.9. The number of carbonyl (C=O) groups excluding carboxylic acids is 3. The van der Waals surface area contributed by atoms with Gasteiger partial charge in [0, 0.05) is 18.3 Å². The van der Waals surface area contributed by atoms with E-state index in [1.807, 2.05) is 0 Å². The molecule has 10 N–H and O–H groups in total. The molecule has 0 radical (unpaired) electrons. The number of nitrogens with two attached hydrogens (primary N) is 1. The van der Waals surface area contributed by atoms with Crippen molar-refractivity contribution < 1.29 is 39.6 Å². The van der Waals surface area contributed by atoms with Crippen molar-refractivity contribution in [3.63, 3.8) is 0 Å². The van der Waals surface area contributed by atoms with E-state index >= 15 is 0 Å². The highest BCUT2D eigenvalue weighted by Gasteiger charge is 2.30. The molecule has 0 spiro atoms. The van der Waals surface area contributed by atoms with Crippen molar-refractivity contribution in [2.45, 2.75) is 30.6 Å². The Labute approximate surface area is 164 Å². The number of aliphatic carboxylic acids is 1. The Morgan fingerprint density at radius 3 is 1.97 bits per heavy atom. The number of amides is 3. The summed E-state index contributed by atoms with van der Waals surface area (Å²) >= 11 is 0. The van der Waals surface area contributed by atoms with E-state index in [1.54, 1.807) is 0 Å². The molecule has 3 amide bonds. The number of carbonyl (C=O) groups is 4. The summed E-state index contributed by atoms with van der Waals surface area (Å²) in [5, 5.41) is 42.7. The lowest BCUT2D eigenvalue weighted by Gasteiger charge is -2.23.